The molecule has 0 radical (unpaired) electrons. The number of hydrogen-bond acceptors (Lipinski definition) is 6. The lowest BCUT2D eigenvalue weighted by Gasteiger charge is -2.07. The van der Waals surface area contributed by atoms with Gasteiger partial charge in [0.25, 0.3) is 0 Å². The standard InChI is InChI=1S/C29H30N2O5/c30-24-17-23(18-25(31)19-24)29(35)36-15-7-2-1-4-8-20-11-13-21(14-12-20)16-26(28(33)34)27(32)22-9-5-3-6-10-22/h3,5-6,9-14,16-19H,1-2,4,7-8,15,30-31H2,(H,33,34). The molecule has 0 aliphatic carbocycles. The van der Waals surface area contributed by atoms with Gasteiger partial charge in [-0.15, -0.1) is 0 Å². The number of unbranched alkanes of at least 4 members (excludes halogenated alkanes) is 3. The number of carbonyl (C=O) groups is 3. The van der Waals surface area contributed by atoms with Gasteiger partial charge >= 0.3 is 11.9 Å². The maximum absolute atomic E-state index is 12.6. The predicted molar refractivity (Wildman–Crippen MR) is 141 cm³/mol. The van der Waals surface area contributed by atoms with Gasteiger partial charge in [-0.3, -0.25) is 4.79 Å². The maximum atomic E-state index is 12.6. The molecule has 0 spiro atoms. The minimum atomic E-state index is -1.25. The number of aliphatic carboxylic acids is 1. The van der Waals surface area contributed by atoms with Crippen molar-refractivity contribution in [2.75, 3.05) is 18.1 Å². The highest BCUT2D eigenvalue weighted by atomic mass is 16.5. The lowest BCUT2D eigenvalue weighted by molar-refractivity contribution is -0.132. The lowest BCUT2D eigenvalue weighted by Crippen LogP contribution is -2.12. The van der Waals surface area contributed by atoms with Crippen LogP contribution in [0.2, 0.25) is 0 Å². The Bertz CT molecular complexity index is 1210. The average Bonchev–Trinajstić information content (AvgIpc) is 2.86. The van der Waals surface area contributed by atoms with E-state index in [0.717, 1.165) is 37.7 Å². The molecule has 3 rings (SSSR count). The van der Waals surface area contributed by atoms with Gasteiger partial charge < -0.3 is 21.3 Å². The smallest absolute Gasteiger partial charge is 0.339 e. The number of benzene rings is 3. The summed E-state index contributed by atoms with van der Waals surface area (Å²) in [5, 5.41) is 9.51. The molecule has 36 heavy (non-hydrogen) atoms. The molecule has 7 nitrogen and oxygen atoms in total. The summed E-state index contributed by atoms with van der Waals surface area (Å²) in [6.45, 7) is 0.335. The number of aryl methyl sites for hydroxylation is 1. The molecule has 0 amide bonds. The summed E-state index contributed by atoms with van der Waals surface area (Å²) < 4.78 is 5.29. The van der Waals surface area contributed by atoms with Crippen molar-refractivity contribution in [3.05, 3.63) is 101 Å². The fourth-order valence-corrected chi connectivity index (χ4v) is 3.74. The zero-order chi connectivity index (χ0) is 25.9. The van der Waals surface area contributed by atoms with Crippen LogP contribution in [0.4, 0.5) is 11.4 Å². The van der Waals surface area contributed by atoms with Crippen LogP contribution in [-0.2, 0) is 16.0 Å². The molecule has 186 valence electrons. The van der Waals surface area contributed by atoms with Crippen LogP contribution >= 0.6 is 0 Å². The van der Waals surface area contributed by atoms with Crippen molar-refractivity contribution in [1.82, 2.24) is 0 Å². The second-order valence-corrected chi connectivity index (χ2v) is 8.49. The van der Waals surface area contributed by atoms with Crippen molar-refractivity contribution in [3.63, 3.8) is 0 Å². The largest absolute Gasteiger partial charge is 0.478 e. The third-order valence-electron chi connectivity index (χ3n) is 5.61. The number of nitrogen functional groups attached to an aromatic ring is 2. The normalized spacial score (nSPS) is 11.2. The summed E-state index contributed by atoms with van der Waals surface area (Å²) in [5.41, 5.74) is 14.5. The highest BCUT2D eigenvalue weighted by Gasteiger charge is 2.18. The van der Waals surface area contributed by atoms with Crippen molar-refractivity contribution >= 4 is 35.2 Å². The van der Waals surface area contributed by atoms with Crippen LogP contribution in [0.15, 0.2) is 78.4 Å². The quantitative estimate of drug-likeness (QED) is 0.0612. The van der Waals surface area contributed by atoms with Gasteiger partial charge in [0.1, 0.15) is 5.57 Å². The average molecular weight is 487 g/mol. The Morgan fingerprint density at radius 3 is 2.06 bits per heavy atom. The van der Waals surface area contributed by atoms with Crippen LogP contribution < -0.4 is 11.5 Å². The predicted octanol–water partition coefficient (Wildman–Crippen LogP) is 5.16. The summed E-state index contributed by atoms with van der Waals surface area (Å²) in [7, 11) is 0. The number of carboxylic acid groups (broad SMARTS) is 1. The Morgan fingerprint density at radius 2 is 1.42 bits per heavy atom. The minimum Gasteiger partial charge on any atom is -0.478 e. The summed E-state index contributed by atoms with van der Waals surface area (Å²) >= 11 is 0. The third kappa shape index (κ3) is 7.84. The van der Waals surface area contributed by atoms with E-state index in [4.69, 9.17) is 16.2 Å². The SMILES string of the molecule is Nc1cc(N)cc(C(=O)OCCCCCCc2ccc(C=C(C(=O)O)C(=O)c3ccccc3)cc2)c1. The Hall–Kier alpha value is -4.39. The number of ketones is 1. The summed E-state index contributed by atoms with van der Waals surface area (Å²) in [6, 6.07) is 20.6. The molecule has 0 fully saturated rings. The Balaban J connectivity index is 1.41. The van der Waals surface area contributed by atoms with Gasteiger partial charge in [-0.2, -0.15) is 0 Å². The highest BCUT2D eigenvalue weighted by molar-refractivity contribution is 6.26. The topological polar surface area (TPSA) is 133 Å². The molecule has 0 heterocycles. The lowest BCUT2D eigenvalue weighted by atomic mass is 9.99. The third-order valence-corrected chi connectivity index (χ3v) is 5.61. The van der Waals surface area contributed by atoms with Gasteiger partial charge in [0, 0.05) is 16.9 Å². The second kappa shape index (κ2) is 12.9. The van der Waals surface area contributed by atoms with Gasteiger partial charge in [0.2, 0.25) is 0 Å². The number of carbonyl (C=O) groups excluding carboxylic acids is 2. The van der Waals surface area contributed by atoms with Gasteiger partial charge in [0.15, 0.2) is 5.78 Å². The maximum Gasteiger partial charge on any atom is 0.339 e. The number of esters is 1. The molecule has 7 heteroatoms. The van der Waals surface area contributed by atoms with Gasteiger partial charge in [0.05, 0.1) is 12.2 Å². The van der Waals surface area contributed by atoms with Crippen LogP contribution in [0.3, 0.4) is 0 Å². The van der Waals surface area contributed by atoms with Crippen molar-refractivity contribution in [3.8, 4) is 0 Å². The number of carboxylic acids is 1. The number of nitrogens with two attached hydrogens (primary N) is 2. The summed E-state index contributed by atoms with van der Waals surface area (Å²) in [4.78, 5) is 36.3. The van der Waals surface area contributed by atoms with E-state index < -0.39 is 17.7 Å². The van der Waals surface area contributed by atoms with Crippen LogP contribution in [0.5, 0.6) is 0 Å². The molecule has 3 aromatic rings. The Kier molecular flexibility index (Phi) is 9.40. The zero-order valence-corrected chi connectivity index (χ0v) is 20.0. The number of hydrogen-bond donors (Lipinski definition) is 3. The molecule has 0 unspecified atom stereocenters. The van der Waals surface area contributed by atoms with Crippen LogP contribution in [0, 0.1) is 0 Å². The van der Waals surface area contributed by atoms with E-state index in [1.54, 1.807) is 48.5 Å². The second-order valence-electron chi connectivity index (χ2n) is 8.49. The molecule has 0 aliphatic heterocycles. The van der Waals surface area contributed by atoms with Gasteiger partial charge in [-0.1, -0.05) is 67.4 Å². The molecule has 0 aromatic heterocycles. The minimum absolute atomic E-state index is 0.270. The molecule has 0 aliphatic rings. The fraction of sp³-hybridized carbons (Fsp3) is 0.207. The van der Waals surface area contributed by atoms with Gasteiger partial charge in [-0.05, 0) is 54.7 Å². The molecule has 3 aromatic carbocycles. The van der Waals surface area contributed by atoms with E-state index >= 15 is 0 Å². The molecule has 0 saturated carbocycles. The number of anilines is 2. The molecule has 0 bridgehead atoms. The Morgan fingerprint density at radius 1 is 0.778 bits per heavy atom. The summed E-state index contributed by atoms with van der Waals surface area (Å²) in [6.07, 6.45) is 5.93. The van der Waals surface area contributed by atoms with E-state index in [-0.39, 0.29) is 5.57 Å². The zero-order valence-electron chi connectivity index (χ0n) is 20.0. The number of Topliss-reactive ketones (excluding diaryl/α,β-unsaturated/α-hetero) is 1. The van der Waals surface area contributed by atoms with Crippen molar-refractivity contribution in [1.29, 1.82) is 0 Å². The van der Waals surface area contributed by atoms with Crippen molar-refractivity contribution in [2.24, 2.45) is 0 Å². The summed E-state index contributed by atoms with van der Waals surface area (Å²) in [5.74, 6) is -2.20. The first-order chi connectivity index (χ1) is 17.3. The molecule has 5 N–H and O–H groups in total. The highest BCUT2D eigenvalue weighted by Crippen LogP contribution is 2.17. The van der Waals surface area contributed by atoms with E-state index in [1.165, 1.54) is 6.08 Å². The van der Waals surface area contributed by atoms with Gasteiger partial charge in [-0.25, -0.2) is 9.59 Å². The van der Waals surface area contributed by atoms with E-state index in [0.29, 0.717) is 34.7 Å². The first-order valence-corrected chi connectivity index (χ1v) is 11.8. The molecule has 0 atom stereocenters. The monoisotopic (exact) mass is 486 g/mol. The number of ether oxygens (including phenoxy) is 1. The number of rotatable bonds is 12. The van der Waals surface area contributed by atoms with E-state index in [9.17, 15) is 19.5 Å². The van der Waals surface area contributed by atoms with Crippen molar-refractivity contribution in [2.45, 2.75) is 32.1 Å². The molecular formula is C29H30N2O5. The fourth-order valence-electron chi connectivity index (χ4n) is 3.74. The van der Waals surface area contributed by atoms with E-state index in [1.807, 2.05) is 24.3 Å². The molecule has 0 saturated heterocycles. The van der Waals surface area contributed by atoms with Crippen LogP contribution in [0.1, 0.15) is 57.5 Å². The van der Waals surface area contributed by atoms with Crippen LogP contribution in [-0.4, -0.2) is 29.4 Å². The molecular weight excluding hydrogens is 456 g/mol. The Labute approximate surface area is 210 Å². The van der Waals surface area contributed by atoms with E-state index in [2.05, 4.69) is 0 Å². The first-order valence-electron chi connectivity index (χ1n) is 11.8. The van der Waals surface area contributed by atoms with Crippen LogP contribution in [0.25, 0.3) is 6.08 Å². The first kappa shape index (κ1) is 26.2. The van der Waals surface area contributed by atoms with Crippen molar-refractivity contribution < 1.29 is 24.2 Å².